The quantitative estimate of drug-likeness (QED) is 0.764. The van der Waals surface area contributed by atoms with E-state index in [4.69, 9.17) is 4.52 Å². The van der Waals surface area contributed by atoms with Crippen LogP contribution in [0, 0.1) is 13.8 Å². The normalized spacial score (nSPS) is 10.5. The first kappa shape index (κ1) is 15.9. The van der Waals surface area contributed by atoms with Crippen LogP contribution >= 0.6 is 0 Å². The smallest absolute Gasteiger partial charge is 0.270 e. The molecule has 2 N–H and O–H groups in total. The fourth-order valence-corrected chi connectivity index (χ4v) is 1.97. The van der Waals surface area contributed by atoms with Crippen LogP contribution in [-0.2, 0) is 0 Å². The van der Waals surface area contributed by atoms with Gasteiger partial charge in [-0.1, -0.05) is 24.9 Å². The van der Waals surface area contributed by atoms with E-state index in [2.05, 4.69) is 32.7 Å². The standard InChI is InChI=1S/C15H21N5O2/c1-4-5-6-7-16-15(21)12-9-13(18-11(3)17-12)19-14-8-10(2)22-20-14/h8-9H,4-7H2,1-3H3,(H,16,21)(H,17,18,19,20). The maximum Gasteiger partial charge on any atom is 0.270 e. The molecule has 0 fully saturated rings. The molecule has 0 saturated heterocycles. The van der Waals surface area contributed by atoms with Crippen LogP contribution in [0.3, 0.4) is 0 Å². The molecule has 0 aliphatic rings. The molecule has 0 aliphatic heterocycles. The Balaban J connectivity index is 2.04. The van der Waals surface area contributed by atoms with Crippen LogP contribution in [0.1, 0.15) is 48.3 Å². The molecule has 0 aliphatic carbocycles. The third-order valence-electron chi connectivity index (χ3n) is 3.02. The van der Waals surface area contributed by atoms with Gasteiger partial charge < -0.3 is 15.2 Å². The van der Waals surface area contributed by atoms with Gasteiger partial charge in [0.2, 0.25) is 0 Å². The van der Waals surface area contributed by atoms with Crippen molar-refractivity contribution in [2.75, 3.05) is 11.9 Å². The van der Waals surface area contributed by atoms with Gasteiger partial charge in [-0.3, -0.25) is 4.79 Å². The van der Waals surface area contributed by atoms with Gasteiger partial charge in [0.25, 0.3) is 5.91 Å². The molecular formula is C15H21N5O2. The second-order valence-corrected chi connectivity index (χ2v) is 5.10. The zero-order chi connectivity index (χ0) is 15.9. The van der Waals surface area contributed by atoms with Crippen molar-refractivity contribution in [2.24, 2.45) is 0 Å². The number of unbranched alkanes of at least 4 members (excludes halogenated alkanes) is 2. The van der Waals surface area contributed by atoms with Gasteiger partial charge >= 0.3 is 0 Å². The molecule has 118 valence electrons. The fraction of sp³-hybridized carbons (Fsp3) is 0.467. The van der Waals surface area contributed by atoms with Crippen LogP contribution in [0.4, 0.5) is 11.6 Å². The van der Waals surface area contributed by atoms with Crippen LogP contribution in [0.15, 0.2) is 16.7 Å². The van der Waals surface area contributed by atoms with Gasteiger partial charge in [-0.15, -0.1) is 0 Å². The molecule has 0 radical (unpaired) electrons. The Morgan fingerprint density at radius 2 is 2.00 bits per heavy atom. The lowest BCUT2D eigenvalue weighted by atomic mass is 10.2. The molecular weight excluding hydrogens is 282 g/mol. The van der Waals surface area contributed by atoms with Crippen LogP contribution in [-0.4, -0.2) is 27.6 Å². The van der Waals surface area contributed by atoms with Crippen LogP contribution in [0.25, 0.3) is 0 Å². The number of hydrogen-bond acceptors (Lipinski definition) is 6. The molecule has 0 atom stereocenters. The molecule has 7 nitrogen and oxygen atoms in total. The molecule has 1 amide bonds. The number of hydrogen-bond donors (Lipinski definition) is 2. The first-order valence-electron chi connectivity index (χ1n) is 7.42. The average Bonchev–Trinajstić information content (AvgIpc) is 2.88. The van der Waals surface area contributed by atoms with E-state index in [1.165, 1.54) is 0 Å². The zero-order valence-electron chi connectivity index (χ0n) is 13.1. The molecule has 0 spiro atoms. The lowest BCUT2D eigenvalue weighted by Crippen LogP contribution is -2.25. The molecule has 0 aromatic carbocycles. The lowest BCUT2D eigenvalue weighted by molar-refractivity contribution is 0.0947. The molecule has 2 aromatic rings. The lowest BCUT2D eigenvalue weighted by Gasteiger charge is -2.07. The van der Waals surface area contributed by atoms with Crippen molar-refractivity contribution in [2.45, 2.75) is 40.0 Å². The van der Waals surface area contributed by atoms with E-state index >= 15 is 0 Å². The Kier molecular flexibility index (Phi) is 5.46. The number of aromatic nitrogens is 3. The molecule has 2 rings (SSSR count). The van der Waals surface area contributed by atoms with Crippen molar-refractivity contribution in [3.05, 3.63) is 29.4 Å². The highest BCUT2D eigenvalue weighted by molar-refractivity contribution is 5.93. The van der Waals surface area contributed by atoms with Crippen molar-refractivity contribution in [3.8, 4) is 0 Å². The molecule has 7 heteroatoms. The van der Waals surface area contributed by atoms with Crippen molar-refractivity contribution in [3.63, 3.8) is 0 Å². The van der Waals surface area contributed by atoms with E-state index in [-0.39, 0.29) is 5.91 Å². The number of anilines is 2. The van der Waals surface area contributed by atoms with E-state index < -0.39 is 0 Å². The third-order valence-corrected chi connectivity index (χ3v) is 3.02. The Morgan fingerprint density at radius 1 is 1.18 bits per heavy atom. The Morgan fingerprint density at radius 3 is 2.68 bits per heavy atom. The number of rotatable bonds is 7. The van der Waals surface area contributed by atoms with Gasteiger partial charge in [-0.25, -0.2) is 9.97 Å². The average molecular weight is 303 g/mol. The second-order valence-electron chi connectivity index (χ2n) is 5.10. The number of nitrogens with zero attached hydrogens (tertiary/aromatic N) is 3. The second kappa shape index (κ2) is 7.53. The van der Waals surface area contributed by atoms with E-state index in [1.54, 1.807) is 26.0 Å². The monoisotopic (exact) mass is 303 g/mol. The summed E-state index contributed by atoms with van der Waals surface area (Å²) >= 11 is 0. The summed E-state index contributed by atoms with van der Waals surface area (Å²) in [6, 6.07) is 3.36. The maximum atomic E-state index is 12.1. The van der Waals surface area contributed by atoms with Gasteiger partial charge in [0, 0.05) is 18.7 Å². The number of aryl methyl sites for hydroxylation is 2. The minimum absolute atomic E-state index is 0.194. The summed E-state index contributed by atoms with van der Waals surface area (Å²) in [5, 5.41) is 9.70. The summed E-state index contributed by atoms with van der Waals surface area (Å²) in [5.41, 5.74) is 0.340. The molecule has 0 unspecified atom stereocenters. The summed E-state index contributed by atoms with van der Waals surface area (Å²) in [7, 11) is 0. The highest BCUT2D eigenvalue weighted by Crippen LogP contribution is 2.15. The largest absolute Gasteiger partial charge is 0.360 e. The number of nitrogens with one attached hydrogen (secondary N) is 2. The van der Waals surface area contributed by atoms with Gasteiger partial charge in [0.05, 0.1) is 0 Å². The predicted octanol–water partition coefficient (Wildman–Crippen LogP) is 2.75. The topological polar surface area (TPSA) is 92.9 Å². The first-order chi connectivity index (χ1) is 10.6. The van der Waals surface area contributed by atoms with E-state index in [1.807, 2.05) is 0 Å². The number of carbonyl (C=O) groups is 1. The molecule has 0 saturated carbocycles. The van der Waals surface area contributed by atoms with Crippen molar-refractivity contribution >= 4 is 17.5 Å². The number of amides is 1. The predicted molar refractivity (Wildman–Crippen MR) is 83.1 cm³/mol. The van der Waals surface area contributed by atoms with Crippen LogP contribution in [0.5, 0.6) is 0 Å². The molecule has 2 heterocycles. The van der Waals surface area contributed by atoms with Gasteiger partial charge in [0.1, 0.15) is 23.1 Å². The Hall–Kier alpha value is -2.44. The number of carbonyl (C=O) groups excluding carboxylic acids is 1. The van der Waals surface area contributed by atoms with Crippen LogP contribution < -0.4 is 10.6 Å². The maximum absolute atomic E-state index is 12.1. The van der Waals surface area contributed by atoms with Crippen molar-refractivity contribution in [1.82, 2.24) is 20.4 Å². The van der Waals surface area contributed by atoms with Gasteiger partial charge in [-0.05, 0) is 20.3 Å². The third kappa shape index (κ3) is 4.54. The zero-order valence-corrected chi connectivity index (χ0v) is 13.1. The molecule has 22 heavy (non-hydrogen) atoms. The highest BCUT2D eigenvalue weighted by Gasteiger charge is 2.11. The van der Waals surface area contributed by atoms with Gasteiger partial charge in [0.15, 0.2) is 5.82 Å². The van der Waals surface area contributed by atoms with E-state index in [0.717, 1.165) is 19.3 Å². The Bertz CT molecular complexity index is 639. The highest BCUT2D eigenvalue weighted by atomic mass is 16.5. The summed E-state index contributed by atoms with van der Waals surface area (Å²) < 4.78 is 4.99. The summed E-state index contributed by atoms with van der Waals surface area (Å²) in [4.78, 5) is 20.5. The summed E-state index contributed by atoms with van der Waals surface area (Å²) in [6.45, 7) is 6.33. The van der Waals surface area contributed by atoms with Crippen molar-refractivity contribution < 1.29 is 9.32 Å². The van der Waals surface area contributed by atoms with Crippen LogP contribution in [0.2, 0.25) is 0 Å². The SMILES string of the molecule is CCCCCNC(=O)c1cc(Nc2cc(C)on2)nc(C)n1. The van der Waals surface area contributed by atoms with Crippen molar-refractivity contribution in [1.29, 1.82) is 0 Å². The molecule has 0 bridgehead atoms. The molecule has 2 aromatic heterocycles. The fourth-order valence-electron chi connectivity index (χ4n) is 1.97. The minimum atomic E-state index is -0.194. The minimum Gasteiger partial charge on any atom is -0.360 e. The Labute approximate surface area is 129 Å². The first-order valence-corrected chi connectivity index (χ1v) is 7.42. The summed E-state index contributed by atoms with van der Waals surface area (Å²) in [6.07, 6.45) is 3.19. The van der Waals surface area contributed by atoms with E-state index in [9.17, 15) is 4.79 Å². The summed E-state index contributed by atoms with van der Waals surface area (Å²) in [5.74, 6) is 2.08. The van der Waals surface area contributed by atoms with Gasteiger partial charge in [-0.2, -0.15) is 0 Å². The van der Waals surface area contributed by atoms with E-state index in [0.29, 0.717) is 35.5 Å².